The molecule has 0 atom stereocenters. The van der Waals surface area contributed by atoms with Crippen LogP contribution >= 0.6 is 0 Å². The average molecular weight is 442 g/mol. The lowest BCUT2D eigenvalue weighted by Gasteiger charge is -2.20. The number of benzene rings is 2. The molecule has 2 amide bonds. The van der Waals surface area contributed by atoms with E-state index in [0.717, 1.165) is 22.5 Å². The van der Waals surface area contributed by atoms with Crippen molar-refractivity contribution in [3.63, 3.8) is 0 Å². The number of hydrogen-bond donors (Lipinski definition) is 3. The highest BCUT2D eigenvalue weighted by Crippen LogP contribution is 2.23. The van der Waals surface area contributed by atoms with Crippen LogP contribution < -0.4 is 16.4 Å². The lowest BCUT2D eigenvalue weighted by molar-refractivity contribution is 0.262. The van der Waals surface area contributed by atoms with E-state index in [1.54, 1.807) is 6.07 Å². The average Bonchev–Trinajstić information content (AvgIpc) is 3.17. The number of anilines is 3. The number of nitrogens with zero attached hydrogens (tertiary/aromatic N) is 4. The number of nitrogens with one attached hydrogen (secondary N) is 2. The molecule has 0 radical (unpaired) electrons. The predicted octanol–water partition coefficient (Wildman–Crippen LogP) is 4.91. The van der Waals surface area contributed by atoms with E-state index in [1.807, 2.05) is 71.4 Å². The Bertz CT molecular complexity index is 1240. The molecule has 4 aromatic rings. The zero-order valence-corrected chi connectivity index (χ0v) is 18.9. The van der Waals surface area contributed by atoms with E-state index in [1.165, 1.54) is 0 Å². The summed E-state index contributed by atoms with van der Waals surface area (Å²) in [6.07, 6.45) is 0.537. The normalized spacial score (nSPS) is 11.2. The second-order valence-corrected chi connectivity index (χ2v) is 8.73. The number of hydrogen-bond acceptors (Lipinski definition) is 5. The van der Waals surface area contributed by atoms with Crippen LogP contribution in [0.3, 0.4) is 0 Å². The number of para-hydroxylation sites is 1. The number of nitrogen functional groups attached to an aromatic ring is 1. The van der Waals surface area contributed by atoms with Crippen LogP contribution in [0.25, 0.3) is 11.3 Å². The lowest BCUT2D eigenvalue weighted by Crippen LogP contribution is -2.24. The molecule has 0 saturated carbocycles. The van der Waals surface area contributed by atoms with Crippen molar-refractivity contribution in [2.75, 3.05) is 16.4 Å². The van der Waals surface area contributed by atoms with E-state index < -0.39 is 6.03 Å². The van der Waals surface area contributed by atoms with Crippen LogP contribution in [0, 0.1) is 0 Å². The Morgan fingerprint density at radius 3 is 2.33 bits per heavy atom. The zero-order chi connectivity index (χ0) is 23.4. The molecule has 0 saturated heterocycles. The molecule has 2 aromatic carbocycles. The maximum Gasteiger partial charge on any atom is 0.324 e. The summed E-state index contributed by atoms with van der Waals surface area (Å²) < 4.78 is 1.81. The molecule has 2 heterocycles. The molecule has 8 heteroatoms. The molecule has 8 nitrogen and oxygen atoms in total. The van der Waals surface area contributed by atoms with E-state index in [2.05, 4.69) is 46.7 Å². The van der Waals surface area contributed by atoms with Gasteiger partial charge in [0, 0.05) is 23.7 Å². The van der Waals surface area contributed by atoms with Gasteiger partial charge in [0.1, 0.15) is 5.82 Å². The standard InChI is InChI=1S/C25H27N7O/c1-25(2,3)32-22(26)16-19(31-32)15-18-11-7-8-12-20(18)27-24(33)28-23-14-13-21(29-30-23)17-9-5-4-6-10-17/h4-14,16H,15,26H2,1-3H3,(H2,27,28,30,33). The van der Waals surface area contributed by atoms with Crippen LogP contribution in [0.15, 0.2) is 72.8 Å². The molecule has 0 fully saturated rings. The van der Waals surface area contributed by atoms with Gasteiger partial charge in [0.25, 0.3) is 0 Å². The van der Waals surface area contributed by atoms with Gasteiger partial charge in [-0.2, -0.15) is 5.10 Å². The van der Waals surface area contributed by atoms with Crippen molar-refractivity contribution in [3.8, 4) is 11.3 Å². The highest BCUT2D eigenvalue weighted by molar-refractivity contribution is 5.99. The summed E-state index contributed by atoms with van der Waals surface area (Å²) in [7, 11) is 0. The fourth-order valence-corrected chi connectivity index (χ4v) is 3.49. The topological polar surface area (TPSA) is 111 Å². The highest BCUT2D eigenvalue weighted by atomic mass is 16.2. The summed E-state index contributed by atoms with van der Waals surface area (Å²) in [5, 5.41) is 18.6. The summed E-state index contributed by atoms with van der Waals surface area (Å²) >= 11 is 0. The molecule has 4 rings (SSSR count). The van der Waals surface area contributed by atoms with Crippen molar-refractivity contribution in [2.45, 2.75) is 32.7 Å². The summed E-state index contributed by atoms with van der Waals surface area (Å²) in [6.45, 7) is 6.15. The van der Waals surface area contributed by atoms with Gasteiger partial charge in [-0.05, 0) is 44.5 Å². The Hall–Kier alpha value is -4.20. The first-order valence-corrected chi connectivity index (χ1v) is 10.7. The number of nitrogens with two attached hydrogens (primary N) is 1. The Kier molecular flexibility index (Phi) is 6.08. The highest BCUT2D eigenvalue weighted by Gasteiger charge is 2.19. The molecule has 0 spiro atoms. The van der Waals surface area contributed by atoms with Gasteiger partial charge < -0.3 is 11.1 Å². The van der Waals surface area contributed by atoms with Gasteiger partial charge in [0.2, 0.25) is 0 Å². The van der Waals surface area contributed by atoms with Crippen LogP contribution in [0.4, 0.5) is 22.1 Å². The summed E-state index contributed by atoms with van der Waals surface area (Å²) in [6, 6.07) is 22.4. The monoisotopic (exact) mass is 441 g/mol. The first-order valence-electron chi connectivity index (χ1n) is 10.7. The number of rotatable bonds is 5. The molecule has 0 aliphatic rings. The number of amides is 2. The number of carbonyl (C=O) groups is 1. The van der Waals surface area contributed by atoms with Crippen molar-refractivity contribution in [1.29, 1.82) is 0 Å². The summed E-state index contributed by atoms with van der Waals surface area (Å²) in [5.74, 6) is 0.972. The lowest BCUT2D eigenvalue weighted by atomic mass is 10.1. The van der Waals surface area contributed by atoms with Crippen LogP contribution in [0.5, 0.6) is 0 Å². The van der Waals surface area contributed by atoms with Crippen molar-refractivity contribution < 1.29 is 4.79 Å². The molecule has 0 aliphatic heterocycles. The summed E-state index contributed by atoms with van der Waals surface area (Å²) in [4.78, 5) is 12.6. The molecule has 2 aromatic heterocycles. The fourth-order valence-electron chi connectivity index (χ4n) is 3.49. The zero-order valence-electron chi connectivity index (χ0n) is 18.9. The fraction of sp³-hybridized carbons (Fsp3) is 0.200. The minimum Gasteiger partial charge on any atom is -0.384 e. The third kappa shape index (κ3) is 5.35. The Balaban J connectivity index is 1.44. The van der Waals surface area contributed by atoms with Gasteiger partial charge in [-0.3, -0.25) is 5.32 Å². The Morgan fingerprint density at radius 1 is 0.939 bits per heavy atom. The van der Waals surface area contributed by atoms with Gasteiger partial charge in [-0.25, -0.2) is 9.48 Å². The van der Waals surface area contributed by atoms with E-state index in [9.17, 15) is 4.79 Å². The van der Waals surface area contributed by atoms with Crippen LogP contribution in [0.1, 0.15) is 32.0 Å². The van der Waals surface area contributed by atoms with Crippen LogP contribution in [0.2, 0.25) is 0 Å². The van der Waals surface area contributed by atoms with E-state index >= 15 is 0 Å². The molecule has 0 unspecified atom stereocenters. The van der Waals surface area contributed by atoms with Crippen molar-refractivity contribution >= 4 is 23.4 Å². The molecule has 0 aliphatic carbocycles. The minimum atomic E-state index is -0.399. The van der Waals surface area contributed by atoms with Crippen molar-refractivity contribution in [2.24, 2.45) is 0 Å². The van der Waals surface area contributed by atoms with Gasteiger partial charge >= 0.3 is 6.03 Å². The van der Waals surface area contributed by atoms with E-state index in [4.69, 9.17) is 5.73 Å². The Morgan fingerprint density at radius 2 is 1.67 bits per heavy atom. The number of carbonyl (C=O) groups excluding carboxylic acids is 1. The third-order valence-electron chi connectivity index (χ3n) is 5.04. The molecular weight excluding hydrogens is 414 g/mol. The first kappa shape index (κ1) is 22.0. The Labute approximate surface area is 192 Å². The van der Waals surface area contributed by atoms with E-state index in [0.29, 0.717) is 23.7 Å². The van der Waals surface area contributed by atoms with Gasteiger partial charge in [-0.1, -0.05) is 48.5 Å². The molecular formula is C25H27N7O. The smallest absolute Gasteiger partial charge is 0.324 e. The molecule has 33 heavy (non-hydrogen) atoms. The van der Waals surface area contributed by atoms with E-state index in [-0.39, 0.29) is 5.54 Å². The molecule has 0 bridgehead atoms. The second kappa shape index (κ2) is 9.12. The minimum absolute atomic E-state index is 0.211. The quantitative estimate of drug-likeness (QED) is 0.407. The van der Waals surface area contributed by atoms with Gasteiger partial charge in [0.15, 0.2) is 5.82 Å². The van der Waals surface area contributed by atoms with Crippen molar-refractivity contribution in [1.82, 2.24) is 20.0 Å². The molecule has 4 N–H and O–H groups in total. The van der Waals surface area contributed by atoms with Gasteiger partial charge in [-0.15, -0.1) is 10.2 Å². The second-order valence-electron chi connectivity index (χ2n) is 8.73. The summed E-state index contributed by atoms with van der Waals surface area (Å²) in [5.41, 5.74) is 10.1. The number of urea groups is 1. The van der Waals surface area contributed by atoms with Gasteiger partial charge in [0.05, 0.1) is 16.9 Å². The SMILES string of the molecule is CC(C)(C)n1nc(Cc2ccccc2NC(=O)Nc2ccc(-c3ccccc3)nn2)cc1N. The number of aromatic nitrogens is 4. The maximum absolute atomic E-state index is 12.6. The van der Waals surface area contributed by atoms with Crippen LogP contribution in [-0.4, -0.2) is 26.0 Å². The van der Waals surface area contributed by atoms with Crippen LogP contribution in [-0.2, 0) is 12.0 Å². The largest absolute Gasteiger partial charge is 0.384 e. The maximum atomic E-state index is 12.6. The molecule has 168 valence electrons. The predicted molar refractivity (Wildman–Crippen MR) is 131 cm³/mol. The first-order chi connectivity index (χ1) is 15.8. The van der Waals surface area contributed by atoms with Crippen molar-refractivity contribution in [3.05, 3.63) is 84.1 Å². The third-order valence-corrected chi connectivity index (χ3v) is 5.04.